The second-order valence-electron chi connectivity index (χ2n) is 4.63. The maximum atomic E-state index is 13.7. The fraction of sp³-hybridized carbons (Fsp3) is 0.333. The minimum absolute atomic E-state index is 0.155. The third-order valence-electron chi connectivity index (χ3n) is 2.70. The van der Waals surface area contributed by atoms with E-state index in [2.05, 4.69) is 17.2 Å². The van der Waals surface area contributed by atoms with Gasteiger partial charge >= 0.3 is 0 Å². The Morgan fingerprint density at radius 1 is 1.43 bits per heavy atom. The summed E-state index contributed by atoms with van der Waals surface area (Å²) < 4.78 is 13.7. The van der Waals surface area contributed by atoms with E-state index in [1.54, 1.807) is 14.1 Å². The predicted molar refractivity (Wildman–Crippen MR) is 78.0 cm³/mol. The van der Waals surface area contributed by atoms with E-state index in [0.717, 1.165) is 6.07 Å². The molecule has 1 atom stereocenters. The van der Waals surface area contributed by atoms with Crippen LogP contribution in [0.15, 0.2) is 18.2 Å². The summed E-state index contributed by atoms with van der Waals surface area (Å²) in [5, 5.41) is 2.46. The predicted octanol–water partition coefficient (Wildman–Crippen LogP) is 0.342. The second kappa shape index (κ2) is 7.41. The first kappa shape index (κ1) is 16.7. The van der Waals surface area contributed by atoms with Gasteiger partial charge in [0.25, 0.3) is 5.91 Å². The molecule has 2 amide bonds. The molecular formula is C15H18FN3O2. The minimum atomic E-state index is -0.745. The molecule has 5 nitrogen and oxygen atoms in total. The van der Waals surface area contributed by atoms with Crippen LogP contribution in [-0.2, 0) is 4.79 Å². The van der Waals surface area contributed by atoms with Crippen molar-refractivity contribution in [3.8, 4) is 11.8 Å². The van der Waals surface area contributed by atoms with Gasteiger partial charge in [0.15, 0.2) is 0 Å². The lowest BCUT2D eigenvalue weighted by Crippen LogP contribution is -2.44. The minimum Gasteiger partial charge on any atom is -0.347 e. The van der Waals surface area contributed by atoms with Gasteiger partial charge in [0, 0.05) is 19.7 Å². The van der Waals surface area contributed by atoms with E-state index < -0.39 is 17.8 Å². The maximum absolute atomic E-state index is 13.7. The molecule has 0 aliphatic rings. The molecule has 0 aliphatic carbocycles. The van der Waals surface area contributed by atoms with Crippen LogP contribution in [-0.4, -0.2) is 43.4 Å². The topological polar surface area (TPSA) is 75.4 Å². The van der Waals surface area contributed by atoms with Crippen molar-refractivity contribution in [2.45, 2.75) is 13.0 Å². The van der Waals surface area contributed by atoms with Gasteiger partial charge in [-0.05, 0) is 25.1 Å². The number of halogens is 1. The van der Waals surface area contributed by atoms with E-state index in [1.807, 2.05) is 0 Å². The van der Waals surface area contributed by atoms with E-state index in [4.69, 9.17) is 5.73 Å². The molecule has 0 spiro atoms. The number of nitrogens with zero attached hydrogens (tertiary/aromatic N) is 1. The van der Waals surface area contributed by atoms with Crippen molar-refractivity contribution in [3.05, 3.63) is 35.1 Å². The second-order valence-corrected chi connectivity index (χ2v) is 4.63. The Kier molecular flexibility index (Phi) is 5.88. The molecule has 0 bridgehead atoms. The summed E-state index contributed by atoms with van der Waals surface area (Å²) in [4.78, 5) is 25.1. The van der Waals surface area contributed by atoms with Crippen LogP contribution in [0.3, 0.4) is 0 Å². The molecule has 112 valence electrons. The molecule has 1 unspecified atom stereocenters. The largest absolute Gasteiger partial charge is 0.347 e. The first-order chi connectivity index (χ1) is 9.86. The number of nitrogens with two attached hydrogens (primary N) is 1. The van der Waals surface area contributed by atoms with Gasteiger partial charge < -0.3 is 16.0 Å². The van der Waals surface area contributed by atoms with Crippen molar-refractivity contribution in [2.75, 3.05) is 20.6 Å². The molecule has 0 saturated heterocycles. The lowest BCUT2D eigenvalue weighted by atomic mass is 10.1. The molecule has 0 heterocycles. The summed E-state index contributed by atoms with van der Waals surface area (Å²) in [5.41, 5.74) is 5.59. The zero-order chi connectivity index (χ0) is 16.0. The van der Waals surface area contributed by atoms with E-state index in [0.29, 0.717) is 5.56 Å². The van der Waals surface area contributed by atoms with Gasteiger partial charge in [0.2, 0.25) is 5.91 Å². The van der Waals surface area contributed by atoms with Crippen LogP contribution in [0.5, 0.6) is 0 Å². The van der Waals surface area contributed by atoms with Crippen molar-refractivity contribution >= 4 is 11.8 Å². The highest BCUT2D eigenvalue weighted by Crippen LogP contribution is 2.10. The standard InChI is InChI=1S/C15H18FN3O2/c1-10(15(21)19(2)3)18-14(20)12-9-11(5-4-8-17)6-7-13(12)16/h6-7,9-10H,8,17H2,1-3H3,(H,18,20). The maximum Gasteiger partial charge on any atom is 0.254 e. The van der Waals surface area contributed by atoms with Crippen LogP contribution < -0.4 is 11.1 Å². The highest BCUT2D eigenvalue weighted by molar-refractivity contribution is 5.97. The SMILES string of the molecule is CC(NC(=O)c1cc(C#CCN)ccc1F)C(=O)N(C)C. The number of rotatable bonds is 3. The summed E-state index contributed by atoms with van der Waals surface area (Å²) >= 11 is 0. The van der Waals surface area contributed by atoms with Crippen LogP contribution in [0, 0.1) is 17.7 Å². The van der Waals surface area contributed by atoms with Gasteiger partial charge in [-0.15, -0.1) is 0 Å². The van der Waals surface area contributed by atoms with Gasteiger partial charge in [0.05, 0.1) is 12.1 Å². The van der Waals surface area contributed by atoms with E-state index in [1.165, 1.54) is 24.0 Å². The smallest absolute Gasteiger partial charge is 0.254 e. The lowest BCUT2D eigenvalue weighted by Gasteiger charge is -2.18. The Labute approximate surface area is 123 Å². The van der Waals surface area contributed by atoms with Crippen LogP contribution in [0.2, 0.25) is 0 Å². The monoisotopic (exact) mass is 291 g/mol. The zero-order valence-electron chi connectivity index (χ0n) is 12.2. The van der Waals surface area contributed by atoms with Crippen LogP contribution in [0.4, 0.5) is 4.39 Å². The molecule has 1 aromatic rings. The van der Waals surface area contributed by atoms with E-state index >= 15 is 0 Å². The Balaban J connectivity index is 2.94. The highest BCUT2D eigenvalue weighted by atomic mass is 19.1. The molecule has 0 aromatic heterocycles. The number of hydrogen-bond acceptors (Lipinski definition) is 3. The van der Waals surface area contributed by atoms with Crippen molar-refractivity contribution < 1.29 is 14.0 Å². The van der Waals surface area contributed by atoms with Gasteiger partial charge in [-0.2, -0.15) is 0 Å². The average molecular weight is 291 g/mol. The molecule has 3 N–H and O–H groups in total. The molecule has 0 fully saturated rings. The van der Waals surface area contributed by atoms with Gasteiger partial charge in [-0.1, -0.05) is 11.8 Å². The number of carbonyl (C=O) groups excluding carboxylic acids is 2. The fourth-order valence-corrected chi connectivity index (χ4v) is 1.65. The van der Waals surface area contributed by atoms with Crippen molar-refractivity contribution in [1.29, 1.82) is 0 Å². The fourth-order valence-electron chi connectivity index (χ4n) is 1.65. The molecule has 0 radical (unpaired) electrons. The van der Waals surface area contributed by atoms with Crippen LogP contribution in [0.1, 0.15) is 22.8 Å². The first-order valence-electron chi connectivity index (χ1n) is 6.37. The molecular weight excluding hydrogens is 273 g/mol. The molecule has 0 saturated carbocycles. The Morgan fingerprint density at radius 2 is 2.10 bits per heavy atom. The average Bonchev–Trinajstić information content (AvgIpc) is 2.45. The number of hydrogen-bond donors (Lipinski definition) is 2. The normalized spacial score (nSPS) is 11.1. The Hall–Kier alpha value is -2.39. The first-order valence-corrected chi connectivity index (χ1v) is 6.37. The zero-order valence-corrected chi connectivity index (χ0v) is 12.2. The van der Waals surface area contributed by atoms with Gasteiger partial charge in [-0.25, -0.2) is 4.39 Å². The summed E-state index contributed by atoms with van der Waals surface area (Å²) in [5.74, 6) is 3.74. The van der Waals surface area contributed by atoms with Crippen molar-refractivity contribution in [2.24, 2.45) is 5.73 Å². The Bertz CT molecular complexity index is 603. The molecule has 1 rings (SSSR count). The quantitative estimate of drug-likeness (QED) is 0.789. The van der Waals surface area contributed by atoms with Gasteiger partial charge in [0.1, 0.15) is 11.9 Å². The third kappa shape index (κ3) is 4.58. The number of nitrogens with one attached hydrogen (secondary N) is 1. The lowest BCUT2D eigenvalue weighted by molar-refractivity contribution is -0.130. The van der Waals surface area contributed by atoms with Crippen LogP contribution in [0.25, 0.3) is 0 Å². The molecule has 6 heteroatoms. The molecule has 21 heavy (non-hydrogen) atoms. The summed E-state index contributed by atoms with van der Waals surface area (Å²) in [6.07, 6.45) is 0. The summed E-state index contributed by atoms with van der Waals surface area (Å²) in [6, 6.07) is 3.21. The van der Waals surface area contributed by atoms with Crippen molar-refractivity contribution in [1.82, 2.24) is 10.2 Å². The third-order valence-corrected chi connectivity index (χ3v) is 2.70. The molecule has 0 aliphatic heterocycles. The Morgan fingerprint density at radius 3 is 2.67 bits per heavy atom. The number of likely N-dealkylation sites (N-methyl/N-ethyl adjacent to an activating group) is 1. The number of carbonyl (C=O) groups is 2. The number of benzene rings is 1. The van der Waals surface area contributed by atoms with Crippen LogP contribution >= 0.6 is 0 Å². The number of amides is 2. The van der Waals surface area contributed by atoms with E-state index in [9.17, 15) is 14.0 Å². The van der Waals surface area contributed by atoms with Gasteiger partial charge in [-0.3, -0.25) is 9.59 Å². The van der Waals surface area contributed by atoms with E-state index in [-0.39, 0.29) is 18.0 Å². The van der Waals surface area contributed by atoms with Crippen molar-refractivity contribution in [3.63, 3.8) is 0 Å². The summed E-state index contributed by atoms with van der Waals surface area (Å²) in [6.45, 7) is 1.71. The molecule has 1 aromatic carbocycles. The highest BCUT2D eigenvalue weighted by Gasteiger charge is 2.20. The summed E-state index contributed by atoms with van der Waals surface area (Å²) in [7, 11) is 3.16.